The average molecular weight is 219 g/mol. The topological polar surface area (TPSA) is 50.8 Å². The molecule has 2 rings (SSSR count). The Morgan fingerprint density at radius 3 is 2.88 bits per heavy atom. The highest BCUT2D eigenvalue weighted by molar-refractivity contribution is 5.71. The van der Waals surface area contributed by atoms with Gasteiger partial charge in [-0.1, -0.05) is 13.3 Å². The van der Waals surface area contributed by atoms with Crippen LogP contribution >= 0.6 is 0 Å². The zero-order valence-electron chi connectivity index (χ0n) is 9.79. The van der Waals surface area contributed by atoms with E-state index in [1.807, 2.05) is 19.1 Å². The van der Waals surface area contributed by atoms with Gasteiger partial charge in [-0.25, -0.2) is 4.98 Å². The van der Waals surface area contributed by atoms with Crippen LogP contribution in [0.4, 0.5) is 0 Å². The minimum atomic E-state index is 0.631. The summed E-state index contributed by atoms with van der Waals surface area (Å²) < 4.78 is 5.34. The van der Waals surface area contributed by atoms with Gasteiger partial charge in [-0.3, -0.25) is 0 Å². The Morgan fingerprint density at radius 1 is 1.25 bits per heavy atom. The van der Waals surface area contributed by atoms with Crippen LogP contribution in [0.15, 0.2) is 12.1 Å². The molecule has 16 heavy (non-hydrogen) atoms. The van der Waals surface area contributed by atoms with Crippen LogP contribution in [0.25, 0.3) is 11.2 Å². The summed E-state index contributed by atoms with van der Waals surface area (Å²) in [6.07, 6.45) is 3.31. The molecule has 0 saturated carbocycles. The third-order valence-corrected chi connectivity index (χ3v) is 2.43. The Balaban J connectivity index is 2.23. The van der Waals surface area contributed by atoms with E-state index in [1.54, 1.807) is 0 Å². The number of aromatic amines is 1. The summed E-state index contributed by atoms with van der Waals surface area (Å²) in [4.78, 5) is 12.0. The molecular formula is C12H17N3O. The largest absolute Gasteiger partial charge is 0.478 e. The van der Waals surface area contributed by atoms with Crippen LogP contribution in [0.2, 0.25) is 0 Å². The summed E-state index contributed by atoms with van der Waals surface area (Å²) in [5.74, 6) is 1.65. The molecular weight excluding hydrogens is 202 g/mol. The number of rotatable bonds is 5. The van der Waals surface area contributed by atoms with Crippen LogP contribution < -0.4 is 4.74 Å². The number of hydrogen-bond acceptors (Lipinski definition) is 3. The van der Waals surface area contributed by atoms with Gasteiger partial charge in [0.15, 0.2) is 5.65 Å². The zero-order valence-corrected chi connectivity index (χ0v) is 9.79. The van der Waals surface area contributed by atoms with E-state index in [4.69, 9.17) is 4.74 Å². The van der Waals surface area contributed by atoms with Gasteiger partial charge in [0.25, 0.3) is 0 Å². The molecule has 2 aromatic heterocycles. The van der Waals surface area contributed by atoms with E-state index in [0.717, 1.165) is 29.8 Å². The maximum absolute atomic E-state index is 5.34. The van der Waals surface area contributed by atoms with Gasteiger partial charge in [-0.15, -0.1) is 0 Å². The molecule has 0 aliphatic carbocycles. The van der Waals surface area contributed by atoms with Gasteiger partial charge < -0.3 is 9.72 Å². The smallest absolute Gasteiger partial charge is 0.215 e. The summed E-state index contributed by atoms with van der Waals surface area (Å²) in [5, 5.41) is 0. The number of pyridine rings is 1. The zero-order chi connectivity index (χ0) is 11.4. The Labute approximate surface area is 95.1 Å². The van der Waals surface area contributed by atoms with Gasteiger partial charge in [0.2, 0.25) is 5.88 Å². The number of aromatic nitrogens is 3. The summed E-state index contributed by atoms with van der Waals surface area (Å²) in [6, 6.07) is 3.84. The van der Waals surface area contributed by atoms with Crippen molar-refractivity contribution in [1.82, 2.24) is 15.0 Å². The number of ether oxygens (including phenoxy) is 1. The predicted octanol–water partition coefficient (Wildman–Crippen LogP) is 2.70. The summed E-state index contributed by atoms with van der Waals surface area (Å²) >= 11 is 0. The number of imidazole rings is 1. The fourth-order valence-electron chi connectivity index (χ4n) is 1.62. The van der Waals surface area contributed by atoms with E-state index in [1.165, 1.54) is 6.42 Å². The molecule has 0 bridgehead atoms. The van der Waals surface area contributed by atoms with Crippen molar-refractivity contribution in [2.24, 2.45) is 0 Å². The number of H-pyrrole nitrogens is 1. The lowest BCUT2D eigenvalue weighted by Crippen LogP contribution is -1.93. The van der Waals surface area contributed by atoms with Crippen molar-refractivity contribution < 1.29 is 4.74 Å². The van der Waals surface area contributed by atoms with Gasteiger partial charge >= 0.3 is 0 Å². The third kappa shape index (κ3) is 2.32. The molecule has 0 amide bonds. The fourth-order valence-corrected chi connectivity index (χ4v) is 1.62. The maximum atomic E-state index is 5.34. The quantitative estimate of drug-likeness (QED) is 0.841. The van der Waals surface area contributed by atoms with E-state index in [-0.39, 0.29) is 0 Å². The fraction of sp³-hybridized carbons (Fsp3) is 0.500. The van der Waals surface area contributed by atoms with Crippen molar-refractivity contribution in [3.63, 3.8) is 0 Å². The standard InChI is InChI=1S/C12H17N3O/c1-3-5-6-10-13-9-7-8-11(16-4-2)15-12(9)14-10/h7-8H,3-6H2,1-2H3,(H,13,14,15). The van der Waals surface area contributed by atoms with E-state index < -0.39 is 0 Å². The summed E-state index contributed by atoms with van der Waals surface area (Å²) in [7, 11) is 0. The number of unbranched alkanes of at least 4 members (excludes halogenated alkanes) is 1. The van der Waals surface area contributed by atoms with E-state index in [0.29, 0.717) is 12.5 Å². The first-order chi connectivity index (χ1) is 7.83. The number of fused-ring (bicyclic) bond motifs is 1. The first kappa shape index (κ1) is 10.9. The number of aryl methyl sites for hydroxylation is 1. The Kier molecular flexibility index (Phi) is 3.39. The highest BCUT2D eigenvalue weighted by Gasteiger charge is 2.04. The molecule has 0 aliphatic rings. The molecule has 0 saturated heterocycles. The second kappa shape index (κ2) is 4.96. The normalized spacial score (nSPS) is 10.9. The van der Waals surface area contributed by atoms with Gasteiger partial charge in [0, 0.05) is 12.5 Å². The highest BCUT2D eigenvalue weighted by atomic mass is 16.5. The molecule has 2 heterocycles. The molecule has 1 N–H and O–H groups in total. The predicted molar refractivity (Wildman–Crippen MR) is 63.7 cm³/mol. The Morgan fingerprint density at radius 2 is 2.12 bits per heavy atom. The van der Waals surface area contributed by atoms with Crippen molar-refractivity contribution in [1.29, 1.82) is 0 Å². The second-order valence-corrected chi connectivity index (χ2v) is 3.74. The van der Waals surface area contributed by atoms with Gasteiger partial charge in [-0.2, -0.15) is 4.98 Å². The molecule has 0 radical (unpaired) electrons. The first-order valence-corrected chi connectivity index (χ1v) is 5.82. The molecule has 0 atom stereocenters. The lowest BCUT2D eigenvalue weighted by Gasteiger charge is -1.99. The third-order valence-electron chi connectivity index (χ3n) is 2.43. The maximum Gasteiger partial charge on any atom is 0.215 e. The number of hydrogen-bond donors (Lipinski definition) is 1. The molecule has 0 fully saturated rings. The molecule has 0 unspecified atom stereocenters. The molecule has 86 valence electrons. The van der Waals surface area contributed by atoms with Gasteiger partial charge in [-0.05, 0) is 19.4 Å². The lowest BCUT2D eigenvalue weighted by atomic mass is 10.2. The lowest BCUT2D eigenvalue weighted by molar-refractivity contribution is 0.328. The molecule has 2 aromatic rings. The van der Waals surface area contributed by atoms with Crippen molar-refractivity contribution >= 4 is 11.2 Å². The molecule has 4 nitrogen and oxygen atoms in total. The van der Waals surface area contributed by atoms with Crippen molar-refractivity contribution in [2.45, 2.75) is 33.1 Å². The van der Waals surface area contributed by atoms with Crippen LogP contribution in [0.3, 0.4) is 0 Å². The highest BCUT2D eigenvalue weighted by Crippen LogP contribution is 2.15. The Bertz CT molecular complexity index is 464. The molecule has 4 heteroatoms. The van der Waals surface area contributed by atoms with Crippen LogP contribution in [0, 0.1) is 0 Å². The number of nitrogens with one attached hydrogen (secondary N) is 1. The molecule has 0 spiro atoms. The minimum absolute atomic E-state index is 0.631. The van der Waals surface area contributed by atoms with Crippen LogP contribution in [0.5, 0.6) is 5.88 Å². The Hall–Kier alpha value is -1.58. The van der Waals surface area contributed by atoms with Crippen molar-refractivity contribution in [2.75, 3.05) is 6.61 Å². The van der Waals surface area contributed by atoms with Crippen molar-refractivity contribution in [3.8, 4) is 5.88 Å². The average Bonchev–Trinajstić information content (AvgIpc) is 2.68. The van der Waals surface area contributed by atoms with E-state index in [2.05, 4.69) is 21.9 Å². The molecule has 0 aromatic carbocycles. The van der Waals surface area contributed by atoms with Crippen molar-refractivity contribution in [3.05, 3.63) is 18.0 Å². The number of nitrogens with zero attached hydrogens (tertiary/aromatic N) is 2. The monoisotopic (exact) mass is 219 g/mol. The van der Waals surface area contributed by atoms with E-state index in [9.17, 15) is 0 Å². The van der Waals surface area contributed by atoms with Gasteiger partial charge in [0.05, 0.1) is 12.1 Å². The second-order valence-electron chi connectivity index (χ2n) is 3.74. The summed E-state index contributed by atoms with van der Waals surface area (Å²) in [6.45, 7) is 4.75. The van der Waals surface area contributed by atoms with Crippen LogP contribution in [0.1, 0.15) is 32.5 Å². The first-order valence-electron chi connectivity index (χ1n) is 5.82. The summed E-state index contributed by atoms with van der Waals surface area (Å²) in [5.41, 5.74) is 1.73. The molecule has 0 aliphatic heterocycles. The van der Waals surface area contributed by atoms with E-state index >= 15 is 0 Å². The SMILES string of the molecule is CCCCc1nc2nc(OCC)ccc2[nH]1. The van der Waals surface area contributed by atoms with Crippen LogP contribution in [-0.4, -0.2) is 21.6 Å². The minimum Gasteiger partial charge on any atom is -0.478 e. The van der Waals surface area contributed by atoms with Gasteiger partial charge in [0.1, 0.15) is 5.82 Å². The van der Waals surface area contributed by atoms with Crippen LogP contribution in [-0.2, 0) is 6.42 Å².